The van der Waals surface area contributed by atoms with E-state index in [1.54, 1.807) is 14.2 Å². The Labute approximate surface area is 158 Å². The Kier molecular flexibility index (Phi) is 8.04. The third-order valence-corrected chi connectivity index (χ3v) is 4.87. The summed E-state index contributed by atoms with van der Waals surface area (Å²) in [6, 6.07) is 6.10. The van der Waals surface area contributed by atoms with Crippen molar-refractivity contribution in [3.8, 4) is 11.5 Å². The number of nitrogens with one attached hydrogen (secondary N) is 1. The molecule has 1 aromatic carbocycles. The summed E-state index contributed by atoms with van der Waals surface area (Å²) in [5.41, 5.74) is 1.22. The summed E-state index contributed by atoms with van der Waals surface area (Å²) in [7, 11) is 7.61. The monoisotopic (exact) mass is 362 g/mol. The van der Waals surface area contributed by atoms with E-state index in [-0.39, 0.29) is 0 Å². The number of methoxy groups -OCH3 is 2. The zero-order valence-electron chi connectivity index (χ0n) is 16.9. The van der Waals surface area contributed by atoms with Gasteiger partial charge in [-0.2, -0.15) is 0 Å². The van der Waals surface area contributed by atoms with Crippen molar-refractivity contribution in [3.63, 3.8) is 0 Å². The Morgan fingerprint density at radius 1 is 1.31 bits per heavy atom. The van der Waals surface area contributed by atoms with Gasteiger partial charge in [0.2, 0.25) is 0 Å². The van der Waals surface area contributed by atoms with Crippen molar-refractivity contribution in [2.24, 2.45) is 10.9 Å². The van der Waals surface area contributed by atoms with E-state index in [0.29, 0.717) is 5.92 Å². The number of ether oxygens (including phenoxy) is 2. The summed E-state index contributed by atoms with van der Waals surface area (Å²) in [4.78, 5) is 9.45. The van der Waals surface area contributed by atoms with Crippen LogP contribution in [0, 0.1) is 5.92 Å². The maximum Gasteiger partial charge on any atom is 0.193 e. The molecule has 1 aliphatic rings. The van der Waals surface area contributed by atoms with Gasteiger partial charge in [-0.15, -0.1) is 0 Å². The molecule has 1 atom stereocenters. The standard InChI is InChI=1S/C20H34N4O2/c1-6-21-20(22-14-17-9-11-23(2)15-17)24(3)12-10-16-7-8-18(25-4)19(13-16)26-5/h7-8,13,17H,6,9-12,14-15H2,1-5H3,(H,21,22). The molecule has 0 aliphatic carbocycles. The number of likely N-dealkylation sites (tertiary alicyclic amines) is 1. The fourth-order valence-electron chi connectivity index (χ4n) is 3.30. The quantitative estimate of drug-likeness (QED) is 0.567. The molecule has 0 amide bonds. The fraction of sp³-hybridized carbons (Fsp3) is 0.650. The maximum absolute atomic E-state index is 5.40. The van der Waals surface area contributed by atoms with Crippen molar-refractivity contribution in [1.29, 1.82) is 0 Å². The van der Waals surface area contributed by atoms with Crippen molar-refractivity contribution < 1.29 is 9.47 Å². The van der Waals surface area contributed by atoms with Crippen LogP contribution in [-0.4, -0.2) is 76.8 Å². The summed E-state index contributed by atoms with van der Waals surface area (Å²) in [5.74, 6) is 3.20. The average molecular weight is 363 g/mol. The number of hydrogen-bond donors (Lipinski definition) is 1. The largest absolute Gasteiger partial charge is 0.493 e. The van der Waals surface area contributed by atoms with Crippen molar-refractivity contribution in [3.05, 3.63) is 23.8 Å². The number of likely N-dealkylation sites (N-methyl/N-ethyl adjacent to an activating group) is 1. The van der Waals surface area contributed by atoms with Crippen LogP contribution in [0.3, 0.4) is 0 Å². The molecule has 6 heteroatoms. The summed E-state index contributed by atoms with van der Waals surface area (Å²) in [6.07, 6.45) is 2.17. The lowest BCUT2D eigenvalue weighted by Gasteiger charge is -2.23. The third kappa shape index (κ3) is 5.80. The highest BCUT2D eigenvalue weighted by Gasteiger charge is 2.19. The Morgan fingerprint density at radius 2 is 2.08 bits per heavy atom. The van der Waals surface area contributed by atoms with Crippen molar-refractivity contribution in [2.75, 3.05) is 61.0 Å². The third-order valence-electron chi connectivity index (χ3n) is 4.87. The molecule has 26 heavy (non-hydrogen) atoms. The van der Waals surface area contributed by atoms with E-state index in [1.807, 2.05) is 12.1 Å². The molecule has 0 spiro atoms. The highest BCUT2D eigenvalue weighted by Crippen LogP contribution is 2.27. The number of aliphatic imine (C=N–C) groups is 1. The first-order chi connectivity index (χ1) is 12.6. The number of benzene rings is 1. The molecule has 1 fully saturated rings. The van der Waals surface area contributed by atoms with Gasteiger partial charge in [0.25, 0.3) is 0 Å². The van der Waals surface area contributed by atoms with Gasteiger partial charge in [0.1, 0.15) is 0 Å². The molecule has 0 saturated carbocycles. The second-order valence-electron chi connectivity index (χ2n) is 6.97. The van der Waals surface area contributed by atoms with Crippen molar-refractivity contribution in [2.45, 2.75) is 19.8 Å². The van der Waals surface area contributed by atoms with E-state index in [0.717, 1.165) is 50.1 Å². The first kappa shape index (κ1) is 20.4. The van der Waals surface area contributed by atoms with Crippen LogP contribution < -0.4 is 14.8 Å². The first-order valence-corrected chi connectivity index (χ1v) is 9.46. The Balaban J connectivity index is 1.93. The summed E-state index contributed by atoms with van der Waals surface area (Å²) < 4.78 is 10.7. The molecule has 1 heterocycles. The Hall–Kier alpha value is -1.95. The van der Waals surface area contributed by atoms with Crippen LogP contribution in [0.25, 0.3) is 0 Å². The fourth-order valence-corrected chi connectivity index (χ4v) is 3.30. The SMILES string of the molecule is CCNC(=NCC1CCN(C)C1)N(C)CCc1ccc(OC)c(OC)c1. The minimum atomic E-state index is 0.674. The molecule has 1 saturated heterocycles. The number of nitrogens with zero attached hydrogens (tertiary/aromatic N) is 3. The van der Waals surface area contributed by atoms with Gasteiger partial charge in [-0.05, 0) is 57.0 Å². The first-order valence-electron chi connectivity index (χ1n) is 9.46. The van der Waals surface area contributed by atoms with Gasteiger partial charge in [-0.3, -0.25) is 4.99 Å². The van der Waals surface area contributed by atoms with E-state index in [2.05, 4.69) is 42.2 Å². The topological polar surface area (TPSA) is 49.3 Å². The van der Waals surface area contributed by atoms with Crippen LogP contribution in [0.5, 0.6) is 11.5 Å². The van der Waals surface area contributed by atoms with Gasteiger partial charge in [0, 0.05) is 33.2 Å². The average Bonchev–Trinajstić information content (AvgIpc) is 3.08. The zero-order chi connectivity index (χ0) is 18.9. The van der Waals surface area contributed by atoms with Gasteiger partial charge in [0.05, 0.1) is 14.2 Å². The predicted octanol–water partition coefficient (Wildman–Crippen LogP) is 2.10. The lowest BCUT2D eigenvalue weighted by Crippen LogP contribution is -2.40. The van der Waals surface area contributed by atoms with Gasteiger partial charge in [-0.1, -0.05) is 6.07 Å². The van der Waals surface area contributed by atoms with Crippen LogP contribution >= 0.6 is 0 Å². The molecular formula is C20H34N4O2. The minimum Gasteiger partial charge on any atom is -0.493 e. The lowest BCUT2D eigenvalue weighted by atomic mass is 10.1. The van der Waals surface area contributed by atoms with Crippen LogP contribution in [0.2, 0.25) is 0 Å². The highest BCUT2D eigenvalue weighted by atomic mass is 16.5. The normalized spacial score (nSPS) is 18.0. The van der Waals surface area contributed by atoms with E-state index >= 15 is 0 Å². The molecule has 6 nitrogen and oxygen atoms in total. The molecule has 0 aromatic heterocycles. The highest BCUT2D eigenvalue weighted by molar-refractivity contribution is 5.79. The Bertz CT molecular complexity index is 591. The summed E-state index contributed by atoms with van der Waals surface area (Å²) >= 11 is 0. The van der Waals surface area contributed by atoms with E-state index in [4.69, 9.17) is 14.5 Å². The number of rotatable bonds is 8. The molecule has 0 bridgehead atoms. The van der Waals surface area contributed by atoms with Crippen LogP contribution in [0.4, 0.5) is 0 Å². The van der Waals surface area contributed by atoms with Gasteiger partial charge in [0.15, 0.2) is 17.5 Å². The molecule has 1 aliphatic heterocycles. The Morgan fingerprint density at radius 3 is 2.69 bits per heavy atom. The molecule has 1 aromatic rings. The second-order valence-corrected chi connectivity index (χ2v) is 6.97. The molecule has 1 N–H and O–H groups in total. The van der Waals surface area contributed by atoms with Gasteiger partial charge < -0.3 is 24.6 Å². The van der Waals surface area contributed by atoms with Gasteiger partial charge in [-0.25, -0.2) is 0 Å². The zero-order valence-corrected chi connectivity index (χ0v) is 16.9. The van der Waals surface area contributed by atoms with Crippen LogP contribution in [-0.2, 0) is 6.42 Å². The second kappa shape index (κ2) is 10.3. The summed E-state index contributed by atoms with van der Waals surface area (Å²) in [5, 5.41) is 3.41. The van der Waals surface area contributed by atoms with E-state index < -0.39 is 0 Å². The number of guanidine groups is 1. The summed E-state index contributed by atoms with van der Waals surface area (Å²) in [6.45, 7) is 7.12. The molecule has 2 rings (SSSR count). The van der Waals surface area contributed by atoms with Crippen LogP contribution in [0.1, 0.15) is 18.9 Å². The van der Waals surface area contributed by atoms with E-state index in [1.165, 1.54) is 18.5 Å². The molecular weight excluding hydrogens is 328 g/mol. The minimum absolute atomic E-state index is 0.674. The number of hydrogen-bond acceptors (Lipinski definition) is 4. The van der Waals surface area contributed by atoms with Crippen LogP contribution in [0.15, 0.2) is 23.2 Å². The maximum atomic E-state index is 5.40. The van der Waals surface area contributed by atoms with Crippen molar-refractivity contribution in [1.82, 2.24) is 15.1 Å². The molecule has 0 radical (unpaired) electrons. The smallest absolute Gasteiger partial charge is 0.193 e. The lowest BCUT2D eigenvalue weighted by molar-refractivity contribution is 0.354. The van der Waals surface area contributed by atoms with E-state index in [9.17, 15) is 0 Å². The molecule has 1 unspecified atom stereocenters. The van der Waals surface area contributed by atoms with Crippen molar-refractivity contribution >= 4 is 5.96 Å². The van der Waals surface area contributed by atoms with Gasteiger partial charge >= 0.3 is 0 Å². The molecule has 146 valence electrons. The predicted molar refractivity (Wildman–Crippen MR) is 107 cm³/mol.